The van der Waals surface area contributed by atoms with E-state index in [9.17, 15) is 4.79 Å². The van der Waals surface area contributed by atoms with Crippen LogP contribution in [0.3, 0.4) is 0 Å². The summed E-state index contributed by atoms with van der Waals surface area (Å²) in [7, 11) is 0. The van der Waals surface area contributed by atoms with Crippen LogP contribution in [0.1, 0.15) is 30.1 Å². The number of aromatic carboxylic acids is 1. The predicted molar refractivity (Wildman–Crippen MR) is 61.8 cm³/mol. The van der Waals surface area contributed by atoms with Gasteiger partial charge in [0.25, 0.3) is 0 Å². The number of carboxylic acids is 1. The molecule has 16 heavy (non-hydrogen) atoms. The van der Waals surface area contributed by atoms with Gasteiger partial charge in [0.05, 0.1) is 0 Å². The van der Waals surface area contributed by atoms with E-state index in [0.717, 1.165) is 25.9 Å². The minimum atomic E-state index is -0.900. The van der Waals surface area contributed by atoms with Crippen LogP contribution in [-0.4, -0.2) is 29.1 Å². The van der Waals surface area contributed by atoms with Crippen LogP contribution in [0.2, 0.25) is 0 Å². The molecule has 1 atom stereocenters. The Hall–Kier alpha value is -1.58. The van der Waals surface area contributed by atoms with E-state index in [-0.39, 0.29) is 0 Å². The Morgan fingerprint density at radius 1 is 1.69 bits per heavy atom. The van der Waals surface area contributed by atoms with Crippen molar-refractivity contribution in [3.63, 3.8) is 0 Å². The lowest BCUT2D eigenvalue weighted by molar-refractivity contribution is 0.0697. The molecule has 0 unspecified atom stereocenters. The first-order valence-corrected chi connectivity index (χ1v) is 5.65. The molecule has 2 heterocycles. The standard InChI is InChI=1S/C12H16N2O2/c1-2-9-5-7-14(8-9)11-10(12(15)16)4-3-6-13-11/h3-4,6,9H,2,5,7-8H2,1H3,(H,15,16)/t9-/m0/s1. The number of nitrogens with zero attached hydrogens (tertiary/aromatic N) is 2. The van der Waals surface area contributed by atoms with Gasteiger partial charge in [0.2, 0.25) is 0 Å². The Morgan fingerprint density at radius 3 is 3.12 bits per heavy atom. The van der Waals surface area contributed by atoms with Crippen LogP contribution >= 0.6 is 0 Å². The Bertz CT molecular complexity index is 392. The smallest absolute Gasteiger partial charge is 0.339 e. The third-order valence-electron chi connectivity index (χ3n) is 3.18. The summed E-state index contributed by atoms with van der Waals surface area (Å²) in [5.41, 5.74) is 0.305. The summed E-state index contributed by atoms with van der Waals surface area (Å²) in [6, 6.07) is 3.28. The first kappa shape index (κ1) is 10.9. The molecule has 0 aromatic carbocycles. The Morgan fingerprint density at radius 2 is 2.50 bits per heavy atom. The minimum absolute atomic E-state index is 0.305. The first-order valence-electron chi connectivity index (χ1n) is 5.65. The van der Waals surface area contributed by atoms with Gasteiger partial charge < -0.3 is 10.0 Å². The molecule has 0 bridgehead atoms. The van der Waals surface area contributed by atoms with Crippen molar-refractivity contribution in [1.82, 2.24) is 4.98 Å². The summed E-state index contributed by atoms with van der Waals surface area (Å²) >= 11 is 0. The quantitative estimate of drug-likeness (QED) is 0.846. The predicted octanol–water partition coefficient (Wildman–Crippen LogP) is 2.02. The zero-order valence-electron chi connectivity index (χ0n) is 9.39. The van der Waals surface area contributed by atoms with Crippen molar-refractivity contribution in [3.8, 4) is 0 Å². The molecular formula is C12H16N2O2. The van der Waals surface area contributed by atoms with Crippen molar-refractivity contribution in [2.24, 2.45) is 5.92 Å². The third-order valence-corrected chi connectivity index (χ3v) is 3.18. The van der Waals surface area contributed by atoms with E-state index in [1.54, 1.807) is 18.3 Å². The molecule has 0 spiro atoms. The van der Waals surface area contributed by atoms with Gasteiger partial charge in [-0.2, -0.15) is 0 Å². The van der Waals surface area contributed by atoms with Gasteiger partial charge in [-0.05, 0) is 24.5 Å². The summed E-state index contributed by atoms with van der Waals surface area (Å²) < 4.78 is 0. The lowest BCUT2D eigenvalue weighted by atomic mass is 10.1. The molecule has 4 nitrogen and oxygen atoms in total. The number of hydrogen-bond acceptors (Lipinski definition) is 3. The zero-order chi connectivity index (χ0) is 11.5. The van der Waals surface area contributed by atoms with Crippen LogP contribution in [0.5, 0.6) is 0 Å². The van der Waals surface area contributed by atoms with Gasteiger partial charge in [-0.1, -0.05) is 13.3 Å². The summed E-state index contributed by atoms with van der Waals surface area (Å²) in [5, 5.41) is 9.08. The first-order chi connectivity index (χ1) is 7.72. The summed E-state index contributed by atoms with van der Waals surface area (Å²) in [6.45, 7) is 4.01. The molecule has 0 saturated carbocycles. The van der Waals surface area contributed by atoms with E-state index in [4.69, 9.17) is 5.11 Å². The van der Waals surface area contributed by atoms with Gasteiger partial charge >= 0.3 is 5.97 Å². The van der Waals surface area contributed by atoms with Crippen LogP contribution in [0, 0.1) is 5.92 Å². The second kappa shape index (κ2) is 4.51. The molecule has 1 saturated heterocycles. The summed E-state index contributed by atoms with van der Waals surface area (Å²) in [6.07, 6.45) is 3.93. The molecule has 1 aliphatic heterocycles. The second-order valence-corrected chi connectivity index (χ2v) is 4.19. The van der Waals surface area contributed by atoms with E-state index in [1.165, 1.54) is 0 Å². The molecule has 1 N–H and O–H groups in total. The van der Waals surface area contributed by atoms with Gasteiger partial charge in [-0.25, -0.2) is 9.78 Å². The van der Waals surface area contributed by atoms with Gasteiger partial charge in [0.15, 0.2) is 0 Å². The molecule has 1 aromatic heterocycles. The van der Waals surface area contributed by atoms with Crippen molar-refractivity contribution in [2.45, 2.75) is 19.8 Å². The van der Waals surface area contributed by atoms with Gasteiger partial charge in [0, 0.05) is 19.3 Å². The fourth-order valence-electron chi connectivity index (χ4n) is 2.17. The fourth-order valence-corrected chi connectivity index (χ4v) is 2.17. The highest BCUT2D eigenvalue weighted by molar-refractivity contribution is 5.93. The number of rotatable bonds is 3. The SMILES string of the molecule is CC[C@H]1CCN(c2ncccc2C(=O)O)C1. The molecule has 0 radical (unpaired) electrons. The molecule has 86 valence electrons. The highest BCUT2D eigenvalue weighted by atomic mass is 16.4. The van der Waals surface area contributed by atoms with Gasteiger partial charge in [0.1, 0.15) is 11.4 Å². The van der Waals surface area contributed by atoms with Crippen LogP contribution in [0.4, 0.5) is 5.82 Å². The zero-order valence-corrected chi connectivity index (χ0v) is 9.39. The number of pyridine rings is 1. The van der Waals surface area contributed by atoms with Crippen molar-refractivity contribution in [2.75, 3.05) is 18.0 Å². The fraction of sp³-hybridized carbons (Fsp3) is 0.500. The minimum Gasteiger partial charge on any atom is -0.478 e. The maximum atomic E-state index is 11.1. The van der Waals surface area contributed by atoms with E-state index in [1.807, 2.05) is 0 Å². The van der Waals surface area contributed by atoms with Crippen molar-refractivity contribution in [3.05, 3.63) is 23.9 Å². The topological polar surface area (TPSA) is 53.4 Å². The molecule has 1 fully saturated rings. The van der Waals surface area contributed by atoms with Gasteiger partial charge in [-0.15, -0.1) is 0 Å². The van der Waals surface area contributed by atoms with Crippen LogP contribution in [0.25, 0.3) is 0 Å². The molecule has 0 amide bonds. The molecule has 0 aliphatic carbocycles. The number of anilines is 1. The molecular weight excluding hydrogens is 204 g/mol. The normalized spacial score (nSPS) is 20.1. The monoisotopic (exact) mass is 220 g/mol. The average Bonchev–Trinajstić information content (AvgIpc) is 2.77. The highest BCUT2D eigenvalue weighted by Gasteiger charge is 2.25. The maximum absolute atomic E-state index is 11.1. The Kier molecular flexibility index (Phi) is 3.08. The molecule has 2 rings (SSSR count). The van der Waals surface area contributed by atoms with Crippen LogP contribution in [0.15, 0.2) is 18.3 Å². The largest absolute Gasteiger partial charge is 0.478 e. The third kappa shape index (κ3) is 2.01. The Labute approximate surface area is 94.9 Å². The van der Waals surface area contributed by atoms with Crippen molar-refractivity contribution < 1.29 is 9.90 Å². The number of carboxylic acid groups (broad SMARTS) is 1. The Balaban J connectivity index is 2.24. The van der Waals surface area contributed by atoms with Gasteiger partial charge in [-0.3, -0.25) is 0 Å². The summed E-state index contributed by atoms with van der Waals surface area (Å²) in [5.74, 6) is 0.387. The highest BCUT2D eigenvalue weighted by Crippen LogP contribution is 2.26. The van der Waals surface area contributed by atoms with E-state index < -0.39 is 5.97 Å². The lowest BCUT2D eigenvalue weighted by Crippen LogP contribution is -2.23. The maximum Gasteiger partial charge on any atom is 0.339 e. The number of hydrogen-bond donors (Lipinski definition) is 1. The summed E-state index contributed by atoms with van der Waals surface area (Å²) in [4.78, 5) is 17.3. The molecule has 4 heteroatoms. The van der Waals surface area contributed by atoms with E-state index in [2.05, 4.69) is 16.8 Å². The average molecular weight is 220 g/mol. The van der Waals surface area contributed by atoms with Crippen LogP contribution in [-0.2, 0) is 0 Å². The van der Waals surface area contributed by atoms with Crippen molar-refractivity contribution in [1.29, 1.82) is 0 Å². The second-order valence-electron chi connectivity index (χ2n) is 4.19. The lowest BCUT2D eigenvalue weighted by Gasteiger charge is -2.18. The number of aromatic nitrogens is 1. The molecule has 1 aliphatic rings. The molecule has 1 aromatic rings. The number of carbonyl (C=O) groups is 1. The van der Waals surface area contributed by atoms with E-state index >= 15 is 0 Å². The van der Waals surface area contributed by atoms with E-state index in [0.29, 0.717) is 17.3 Å². The van der Waals surface area contributed by atoms with Crippen molar-refractivity contribution >= 4 is 11.8 Å². The van der Waals surface area contributed by atoms with Crippen LogP contribution < -0.4 is 4.90 Å².